The summed E-state index contributed by atoms with van der Waals surface area (Å²) < 4.78 is 19.4. The van der Waals surface area contributed by atoms with E-state index in [1.165, 1.54) is 17.9 Å². The van der Waals surface area contributed by atoms with Crippen LogP contribution in [0.1, 0.15) is 19.0 Å². The van der Waals surface area contributed by atoms with E-state index in [0.717, 1.165) is 5.57 Å². The monoisotopic (exact) mass is 318 g/mol. The molecule has 0 spiro atoms. The van der Waals surface area contributed by atoms with Gasteiger partial charge in [0.05, 0.1) is 12.8 Å². The van der Waals surface area contributed by atoms with E-state index in [4.69, 9.17) is 4.74 Å². The van der Waals surface area contributed by atoms with Crippen LogP contribution in [0.25, 0.3) is 5.57 Å². The predicted molar refractivity (Wildman–Crippen MR) is 88.0 cm³/mol. The third kappa shape index (κ3) is 3.44. The van der Waals surface area contributed by atoms with Gasteiger partial charge >= 0.3 is 5.97 Å². The summed E-state index contributed by atoms with van der Waals surface area (Å²) in [4.78, 5) is 19.8. The van der Waals surface area contributed by atoms with Crippen LogP contribution in [0.2, 0.25) is 0 Å². The average Bonchev–Trinajstić information content (AvgIpc) is 2.99. The Morgan fingerprint density at radius 1 is 1.61 bits per heavy atom. The molecular weight excluding hydrogens is 299 g/mol. The zero-order valence-corrected chi connectivity index (χ0v) is 13.4. The van der Waals surface area contributed by atoms with Gasteiger partial charge in [0, 0.05) is 19.5 Å². The molecule has 23 heavy (non-hydrogen) atoms. The number of aromatic nitrogens is 2. The quantitative estimate of drug-likeness (QED) is 0.487. The van der Waals surface area contributed by atoms with Crippen molar-refractivity contribution < 1.29 is 13.9 Å². The smallest absolute Gasteiger partial charge is 0.316 e. The zero-order valence-electron chi connectivity index (χ0n) is 13.4. The molecule has 1 aromatic rings. The lowest BCUT2D eigenvalue weighted by Crippen LogP contribution is -2.29. The van der Waals surface area contributed by atoms with Gasteiger partial charge in [-0.25, -0.2) is 14.1 Å². The molecule has 1 aliphatic rings. The van der Waals surface area contributed by atoms with Gasteiger partial charge in [-0.15, -0.1) is 0 Å². The molecule has 1 heterocycles. The van der Waals surface area contributed by atoms with Crippen molar-refractivity contribution >= 4 is 29.9 Å². The SMILES string of the molecule is C=Nc1cc(C2=CCC(F)C=C2)nn1C(=NC)C(C)C(=O)OC. The molecule has 0 saturated carbocycles. The summed E-state index contributed by atoms with van der Waals surface area (Å²) in [6.07, 6.45) is 4.28. The molecule has 1 aromatic heterocycles. The lowest BCUT2D eigenvalue weighted by molar-refractivity contribution is -0.142. The average molecular weight is 318 g/mol. The summed E-state index contributed by atoms with van der Waals surface area (Å²) >= 11 is 0. The lowest BCUT2D eigenvalue weighted by Gasteiger charge is -2.13. The van der Waals surface area contributed by atoms with Crippen molar-refractivity contribution in [3.8, 4) is 0 Å². The highest BCUT2D eigenvalue weighted by molar-refractivity contribution is 6.02. The van der Waals surface area contributed by atoms with E-state index in [1.54, 1.807) is 32.2 Å². The van der Waals surface area contributed by atoms with Crippen LogP contribution >= 0.6 is 0 Å². The number of methoxy groups -OCH3 is 1. The van der Waals surface area contributed by atoms with Crippen LogP contribution < -0.4 is 0 Å². The van der Waals surface area contributed by atoms with E-state index in [9.17, 15) is 9.18 Å². The molecule has 7 heteroatoms. The summed E-state index contributed by atoms with van der Waals surface area (Å²) in [5.74, 6) is -0.179. The van der Waals surface area contributed by atoms with Crippen molar-refractivity contribution in [2.45, 2.75) is 19.5 Å². The van der Waals surface area contributed by atoms with Gasteiger partial charge < -0.3 is 4.74 Å². The topological polar surface area (TPSA) is 68.8 Å². The lowest BCUT2D eigenvalue weighted by atomic mass is 10.0. The Labute approximate surface area is 134 Å². The molecule has 2 rings (SSSR count). The number of rotatable bonds is 4. The number of esters is 1. The van der Waals surface area contributed by atoms with Crippen molar-refractivity contribution in [1.82, 2.24) is 9.78 Å². The Kier molecular flexibility index (Phi) is 5.20. The van der Waals surface area contributed by atoms with Crippen LogP contribution in [0.5, 0.6) is 0 Å². The molecule has 0 saturated heterocycles. The number of alkyl halides is 1. The predicted octanol–water partition coefficient (Wildman–Crippen LogP) is 2.58. The Hall–Kier alpha value is -2.57. The first-order valence-electron chi connectivity index (χ1n) is 7.16. The molecule has 0 amide bonds. The van der Waals surface area contributed by atoms with Gasteiger partial charge in [0.2, 0.25) is 0 Å². The van der Waals surface area contributed by atoms with E-state index in [1.807, 2.05) is 0 Å². The fourth-order valence-electron chi connectivity index (χ4n) is 2.33. The molecule has 0 N–H and O–H groups in total. The number of carbonyl (C=O) groups excluding carboxylic acids is 1. The number of hydrogen-bond donors (Lipinski definition) is 0. The van der Waals surface area contributed by atoms with Crippen molar-refractivity contribution in [1.29, 1.82) is 0 Å². The van der Waals surface area contributed by atoms with Crippen LogP contribution in [0.3, 0.4) is 0 Å². The van der Waals surface area contributed by atoms with Crippen LogP contribution in [-0.2, 0) is 9.53 Å². The van der Waals surface area contributed by atoms with Crippen molar-refractivity contribution in [3.63, 3.8) is 0 Å². The van der Waals surface area contributed by atoms with Crippen LogP contribution in [0.15, 0.2) is 34.3 Å². The highest BCUT2D eigenvalue weighted by Crippen LogP contribution is 2.26. The number of carbonyl (C=O) groups is 1. The second-order valence-corrected chi connectivity index (χ2v) is 5.05. The minimum atomic E-state index is -0.968. The maximum Gasteiger partial charge on any atom is 0.316 e. The normalized spacial score (nSPS) is 19.2. The van der Waals surface area contributed by atoms with Crippen molar-refractivity contribution in [2.75, 3.05) is 14.2 Å². The molecular formula is C16H19FN4O2. The Bertz CT molecular complexity index is 703. The minimum Gasteiger partial charge on any atom is -0.468 e. The van der Waals surface area contributed by atoms with Crippen LogP contribution in [0, 0.1) is 5.92 Å². The van der Waals surface area contributed by atoms with Gasteiger partial charge in [-0.1, -0.05) is 12.2 Å². The number of aliphatic imine (C=N–C) groups is 2. The van der Waals surface area contributed by atoms with Gasteiger partial charge in [0.25, 0.3) is 0 Å². The van der Waals surface area contributed by atoms with E-state index < -0.39 is 18.1 Å². The van der Waals surface area contributed by atoms with Crippen molar-refractivity contribution in [2.24, 2.45) is 15.9 Å². The Morgan fingerprint density at radius 2 is 2.35 bits per heavy atom. The molecule has 0 fully saturated rings. The van der Waals surface area contributed by atoms with Crippen LogP contribution in [-0.4, -0.2) is 48.6 Å². The number of allylic oxidation sites excluding steroid dienone is 4. The van der Waals surface area contributed by atoms with Gasteiger partial charge in [-0.05, 0) is 25.3 Å². The van der Waals surface area contributed by atoms with Gasteiger partial charge in [0.15, 0.2) is 5.82 Å². The molecule has 122 valence electrons. The Morgan fingerprint density at radius 3 is 2.87 bits per heavy atom. The zero-order chi connectivity index (χ0) is 17.0. The summed E-state index contributed by atoms with van der Waals surface area (Å²) in [7, 11) is 2.88. The number of ether oxygens (including phenoxy) is 1. The molecule has 2 atom stereocenters. The van der Waals surface area contributed by atoms with Gasteiger partial charge in [0.1, 0.15) is 17.9 Å². The maximum absolute atomic E-state index is 13.2. The fraction of sp³-hybridized carbons (Fsp3) is 0.375. The number of halogens is 1. The van der Waals surface area contributed by atoms with Gasteiger partial charge in [-0.2, -0.15) is 5.10 Å². The van der Waals surface area contributed by atoms with E-state index >= 15 is 0 Å². The fourth-order valence-corrected chi connectivity index (χ4v) is 2.33. The highest BCUT2D eigenvalue weighted by Gasteiger charge is 2.25. The van der Waals surface area contributed by atoms with Crippen molar-refractivity contribution in [3.05, 3.63) is 30.0 Å². The third-order valence-electron chi connectivity index (χ3n) is 3.58. The maximum atomic E-state index is 13.2. The molecule has 0 bridgehead atoms. The minimum absolute atomic E-state index is 0.308. The molecule has 0 radical (unpaired) electrons. The second-order valence-electron chi connectivity index (χ2n) is 5.05. The highest BCUT2D eigenvalue weighted by atomic mass is 19.1. The largest absolute Gasteiger partial charge is 0.468 e. The summed E-state index contributed by atoms with van der Waals surface area (Å²) in [5, 5.41) is 4.44. The third-order valence-corrected chi connectivity index (χ3v) is 3.58. The van der Waals surface area contributed by atoms with E-state index in [2.05, 4.69) is 21.8 Å². The summed E-state index contributed by atoms with van der Waals surface area (Å²) in [6.45, 7) is 5.20. The van der Waals surface area contributed by atoms with E-state index in [0.29, 0.717) is 23.8 Å². The summed E-state index contributed by atoms with van der Waals surface area (Å²) in [5.41, 5.74) is 1.41. The molecule has 0 aromatic carbocycles. The Balaban J connectivity index is 2.41. The van der Waals surface area contributed by atoms with Crippen LogP contribution in [0.4, 0.5) is 10.2 Å². The number of nitrogens with zero attached hydrogens (tertiary/aromatic N) is 4. The molecule has 6 nitrogen and oxygen atoms in total. The van der Waals surface area contributed by atoms with Gasteiger partial charge in [-0.3, -0.25) is 9.79 Å². The molecule has 1 aliphatic carbocycles. The summed E-state index contributed by atoms with van der Waals surface area (Å²) in [6, 6.07) is 1.72. The molecule has 2 unspecified atom stereocenters. The first-order chi connectivity index (χ1) is 11.0. The van der Waals surface area contributed by atoms with E-state index in [-0.39, 0.29) is 0 Å². The first-order valence-corrected chi connectivity index (χ1v) is 7.16. The number of hydrogen-bond acceptors (Lipinski definition) is 5. The first kappa shape index (κ1) is 16.8. The molecule has 0 aliphatic heterocycles. The second kappa shape index (κ2) is 7.13. The standard InChI is InChI=1S/C16H19FN4O2/c1-10(16(22)23-4)15(19-3)21-14(18-2)9-13(20-21)11-5-7-12(17)8-6-11/h5-7,9-10,12H,2,8H2,1,3-4H3.